The lowest BCUT2D eigenvalue weighted by Crippen LogP contribution is -2.43. The van der Waals surface area contributed by atoms with E-state index >= 15 is 0 Å². The second kappa shape index (κ2) is 6.60. The van der Waals surface area contributed by atoms with Gasteiger partial charge in [-0.1, -0.05) is 66.0 Å². The molecule has 0 amide bonds. The van der Waals surface area contributed by atoms with Gasteiger partial charge in [0.1, 0.15) is 0 Å². The Labute approximate surface area is 153 Å². The highest BCUT2D eigenvalue weighted by Gasteiger charge is 2.41. The fourth-order valence-electron chi connectivity index (χ4n) is 2.37. The van der Waals surface area contributed by atoms with Gasteiger partial charge in [-0.3, -0.25) is 0 Å². The van der Waals surface area contributed by atoms with Crippen LogP contribution in [0.2, 0.25) is 28.2 Å². The molecule has 1 unspecified atom stereocenters. The van der Waals surface area contributed by atoms with E-state index in [1.54, 1.807) is 0 Å². The van der Waals surface area contributed by atoms with Crippen LogP contribution in [0.15, 0.2) is 22.7 Å². The fraction of sp³-hybridized carbons (Fsp3) is 0.529. The molecular weight excluding hydrogens is 399 g/mol. The lowest BCUT2D eigenvalue weighted by Gasteiger charge is -2.39. The molecule has 122 valence electrons. The van der Waals surface area contributed by atoms with Crippen LogP contribution in [0.1, 0.15) is 39.2 Å². The van der Waals surface area contributed by atoms with Crippen LogP contribution in [0, 0.1) is 0 Å². The van der Waals surface area contributed by atoms with Gasteiger partial charge in [-0.15, -0.1) is 0 Å². The molecule has 1 aliphatic rings. The van der Waals surface area contributed by atoms with Crippen LogP contribution in [-0.2, 0) is 4.43 Å². The quantitative estimate of drug-likeness (QED) is 0.465. The monoisotopic (exact) mass is 420 g/mol. The summed E-state index contributed by atoms with van der Waals surface area (Å²) in [4.78, 5) is 0. The maximum atomic E-state index is 6.65. The van der Waals surface area contributed by atoms with Crippen molar-refractivity contribution >= 4 is 53.0 Å². The van der Waals surface area contributed by atoms with E-state index in [2.05, 4.69) is 49.8 Å². The zero-order valence-corrected chi connectivity index (χ0v) is 17.9. The molecular formula is C17H23BrCl2OSi. The Kier molecular flexibility index (Phi) is 5.56. The predicted octanol–water partition coefficient (Wildman–Crippen LogP) is 7.28. The third-order valence-corrected chi connectivity index (χ3v) is 10.8. The lowest BCUT2D eigenvalue weighted by molar-refractivity contribution is 0.232. The first-order valence-electron chi connectivity index (χ1n) is 7.55. The maximum absolute atomic E-state index is 6.65. The fourth-order valence-corrected chi connectivity index (χ4v) is 4.68. The minimum Gasteiger partial charge on any atom is -0.410 e. The molecule has 0 radical (unpaired) electrons. The molecule has 0 bridgehead atoms. The SMILES string of the molecule is CC(C)(C)[Si](C)(C)OC1CCC(Br)=C1c1ccc(Cl)c(Cl)c1. The summed E-state index contributed by atoms with van der Waals surface area (Å²) in [5, 5.41) is 1.37. The van der Waals surface area contributed by atoms with Crippen LogP contribution in [0.3, 0.4) is 0 Å². The molecule has 1 aromatic carbocycles. The summed E-state index contributed by atoms with van der Waals surface area (Å²) in [7, 11) is -1.81. The Bertz CT molecular complexity index is 605. The van der Waals surface area contributed by atoms with E-state index in [1.807, 2.05) is 18.2 Å². The molecule has 0 aromatic heterocycles. The number of benzene rings is 1. The van der Waals surface area contributed by atoms with E-state index in [9.17, 15) is 0 Å². The van der Waals surface area contributed by atoms with Crippen molar-refractivity contribution in [3.8, 4) is 0 Å². The summed E-state index contributed by atoms with van der Waals surface area (Å²) in [6.45, 7) is 11.4. The zero-order valence-electron chi connectivity index (χ0n) is 13.8. The molecule has 1 aliphatic carbocycles. The van der Waals surface area contributed by atoms with Gasteiger partial charge in [-0.05, 0) is 54.2 Å². The minimum atomic E-state index is -1.81. The van der Waals surface area contributed by atoms with Crippen molar-refractivity contribution in [2.45, 2.75) is 57.8 Å². The Morgan fingerprint density at radius 3 is 2.36 bits per heavy atom. The van der Waals surface area contributed by atoms with E-state index in [-0.39, 0.29) is 11.1 Å². The Balaban J connectivity index is 2.33. The van der Waals surface area contributed by atoms with E-state index in [4.69, 9.17) is 27.6 Å². The van der Waals surface area contributed by atoms with Crippen molar-refractivity contribution in [1.29, 1.82) is 0 Å². The van der Waals surface area contributed by atoms with Crippen molar-refractivity contribution in [1.82, 2.24) is 0 Å². The van der Waals surface area contributed by atoms with Crippen LogP contribution < -0.4 is 0 Å². The Morgan fingerprint density at radius 2 is 1.82 bits per heavy atom. The van der Waals surface area contributed by atoms with Gasteiger partial charge in [0.15, 0.2) is 8.32 Å². The van der Waals surface area contributed by atoms with Gasteiger partial charge >= 0.3 is 0 Å². The standard InChI is InChI=1S/C17H23BrCl2OSi/c1-17(2,3)22(4,5)21-15-9-7-12(18)16(15)11-6-8-13(19)14(20)10-11/h6,8,10,15H,7,9H2,1-5H3. The van der Waals surface area contributed by atoms with Gasteiger partial charge in [0.05, 0.1) is 16.1 Å². The van der Waals surface area contributed by atoms with Gasteiger partial charge in [-0.2, -0.15) is 0 Å². The highest BCUT2D eigenvalue weighted by atomic mass is 79.9. The van der Waals surface area contributed by atoms with Crippen LogP contribution in [0.25, 0.3) is 5.57 Å². The average molecular weight is 422 g/mol. The first-order chi connectivity index (χ1) is 10.0. The van der Waals surface area contributed by atoms with E-state index in [1.165, 1.54) is 10.1 Å². The molecule has 0 fully saturated rings. The molecule has 0 saturated heterocycles. The van der Waals surface area contributed by atoms with Crippen LogP contribution >= 0.6 is 39.1 Å². The van der Waals surface area contributed by atoms with Crippen molar-refractivity contribution in [3.05, 3.63) is 38.3 Å². The summed E-state index contributed by atoms with van der Waals surface area (Å²) in [5.41, 5.74) is 2.32. The van der Waals surface area contributed by atoms with E-state index in [0.29, 0.717) is 10.0 Å². The zero-order chi connectivity index (χ0) is 16.7. The van der Waals surface area contributed by atoms with E-state index in [0.717, 1.165) is 18.4 Å². The van der Waals surface area contributed by atoms with Gasteiger partial charge < -0.3 is 4.43 Å². The number of hydrogen-bond donors (Lipinski definition) is 0. The Morgan fingerprint density at radius 1 is 1.18 bits per heavy atom. The lowest BCUT2D eigenvalue weighted by atomic mass is 10.0. The highest BCUT2D eigenvalue weighted by Crippen LogP contribution is 2.45. The van der Waals surface area contributed by atoms with Crippen molar-refractivity contribution < 1.29 is 4.43 Å². The number of hydrogen-bond acceptors (Lipinski definition) is 1. The molecule has 0 saturated carbocycles. The average Bonchev–Trinajstić information content (AvgIpc) is 2.72. The van der Waals surface area contributed by atoms with Crippen LogP contribution in [0.4, 0.5) is 0 Å². The topological polar surface area (TPSA) is 9.23 Å². The van der Waals surface area contributed by atoms with Gasteiger partial charge in [0.25, 0.3) is 0 Å². The second-order valence-electron chi connectivity index (χ2n) is 7.35. The summed E-state index contributed by atoms with van der Waals surface area (Å²) in [6.07, 6.45) is 2.16. The van der Waals surface area contributed by atoms with Crippen molar-refractivity contribution in [3.63, 3.8) is 0 Å². The van der Waals surface area contributed by atoms with Crippen molar-refractivity contribution in [2.75, 3.05) is 0 Å². The van der Waals surface area contributed by atoms with Gasteiger partial charge in [0.2, 0.25) is 0 Å². The molecule has 1 nitrogen and oxygen atoms in total. The second-order valence-corrected chi connectivity index (χ2v) is 13.9. The molecule has 2 rings (SSSR count). The van der Waals surface area contributed by atoms with Crippen LogP contribution in [-0.4, -0.2) is 14.4 Å². The molecule has 5 heteroatoms. The van der Waals surface area contributed by atoms with Crippen LogP contribution in [0.5, 0.6) is 0 Å². The minimum absolute atomic E-state index is 0.132. The third-order valence-electron chi connectivity index (χ3n) is 4.71. The molecule has 0 aliphatic heterocycles. The van der Waals surface area contributed by atoms with Crippen molar-refractivity contribution in [2.24, 2.45) is 0 Å². The largest absolute Gasteiger partial charge is 0.410 e. The first-order valence-corrected chi connectivity index (χ1v) is 12.0. The molecule has 0 heterocycles. The smallest absolute Gasteiger partial charge is 0.192 e. The Hall–Kier alpha value is 0.197. The maximum Gasteiger partial charge on any atom is 0.192 e. The normalized spacial score (nSPS) is 19.9. The van der Waals surface area contributed by atoms with Gasteiger partial charge in [-0.25, -0.2) is 0 Å². The third kappa shape index (κ3) is 3.81. The summed E-state index contributed by atoms with van der Waals surface area (Å²) < 4.78 is 7.86. The molecule has 1 aromatic rings. The highest BCUT2D eigenvalue weighted by molar-refractivity contribution is 9.11. The van der Waals surface area contributed by atoms with Gasteiger partial charge in [0, 0.05) is 4.48 Å². The number of allylic oxidation sites excluding steroid dienone is 1. The van der Waals surface area contributed by atoms with E-state index < -0.39 is 8.32 Å². The number of rotatable bonds is 3. The first kappa shape index (κ1) is 18.5. The summed E-state index contributed by atoms with van der Waals surface area (Å²) in [6, 6.07) is 5.82. The number of halogens is 3. The summed E-state index contributed by atoms with van der Waals surface area (Å²) in [5.74, 6) is 0. The molecule has 22 heavy (non-hydrogen) atoms. The molecule has 0 N–H and O–H groups in total. The molecule has 0 spiro atoms. The summed E-state index contributed by atoms with van der Waals surface area (Å²) >= 11 is 16.0. The molecule has 1 atom stereocenters. The predicted molar refractivity (Wildman–Crippen MR) is 104 cm³/mol.